The molecule has 1 fully saturated rings. The number of nitrogens with zero attached hydrogens (tertiary/aromatic N) is 2. The molecular weight excluding hydrogens is 346 g/mol. The number of nitriles is 1. The van der Waals surface area contributed by atoms with Gasteiger partial charge in [0.15, 0.2) is 5.17 Å². The number of amidine groups is 1. The fraction of sp³-hybridized carbons (Fsp3) is 0.0500. The summed E-state index contributed by atoms with van der Waals surface area (Å²) in [6.45, 7) is 0. The highest BCUT2D eigenvalue weighted by molar-refractivity contribution is 8.18. The van der Waals surface area contributed by atoms with Crippen molar-refractivity contribution in [3.8, 4) is 11.9 Å². The number of nitrogens with one attached hydrogen (secondary N) is 1. The Balaban J connectivity index is 1.69. The number of benzene rings is 2. The number of amides is 1. The third kappa shape index (κ3) is 4.41. The van der Waals surface area contributed by atoms with Crippen molar-refractivity contribution in [3.63, 3.8) is 0 Å². The summed E-state index contributed by atoms with van der Waals surface area (Å²) in [6.07, 6.45) is 7.49. The second-order valence-electron chi connectivity index (χ2n) is 5.35. The van der Waals surface area contributed by atoms with Gasteiger partial charge in [-0.1, -0.05) is 48.6 Å². The molecule has 5 nitrogen and oxygen atoms in total. The van der Waals surface area contributed by atoms with Crippen molar-refractivity contribution in [2.45, 2.75) is 0 Å². The zero-order chi connectivity index (χ0) is 18.4. The third-order valence-corrected chi connectivity index (χ3v) is 4.53. The van der Waals surface area contributed by atoms with Crippen LogP contribution in [0, 0.1) is 11.5 Å². The highest BCUT2D eigenvalue weighted by Gasteiger charge is 2.23. The Morgan fingerprint density at radius 1 is 1.04 bits per heavy atom. The Morgan fingerprint density at radius 3 is 2.19 bits per heavy atom. The molecule has 2 aromatic rings. The minimum Gasteiger partial charge on any atom is -0.497 e. The van der Waals surface area contributed by atoms with Crippen LogP contribution < -0.4 is 10.1 Å². The minimum absolute atomic E-state index is 0.243. The monoisotopic (exact) mass is 361 g/mol. The number of hydrogen-bond acceptors (Lipinski definition) is 5. The van der Waals surface area contributed by atoms with Crippen molar-refractivity contribution in [2.75, 3.05) is 7.11 Å². The molecular formula is C20H15N3O2S. The number of thioether (sulfide) groups is 1. The summed E-state index contributed by atoms with van der Waals surface area (Å²) in [7, 11) is 1.65. The van der Waals surface area contributed by atoms with Gasteiger partial charge in [-0.3, -0.25) is 10.1 Å². The van der Waals surface area contributed by atoms with E-state index in [2.05, 4.69) is 10.3 Å². The van der Waals surface area contributed by atoms with Crippen LogP contribution in [0.5, 0.6) is 5.75 Å². The number of carbonyl (C=O) groups is 1. The van der Waals surface area contributed by atoms with Crippen molar-refractivity contribution in [1.29, 1.82) is 5.26 Å². The molecule has 26 heavy (non-hydrogen) atoms. The van der Waals surface area contributed by atoms with Crippen LogP contribution in [-0.2, 0) is 4.79 Å². The first-order valence-electron chi connectivity index (χ1n) is 7.78. The molecule has 6 heteroatoms. The summed E-state index contributed by atoms with van der Waals surface area (Å²) in [5, 5.41) is 11.4. The van der Waals surface area contributed by atoms with Gasteiger partial charge in [-0.2, -0.15) is 5.26 Å². The number of hydrogen-bond donors (Lipinski definition) is 1. The Morgan fingerprint density at radius 2 is 1.62 bits per heavy atom. The molecule has 1 heterocycles. The average molecular weight is 361 g/mol. The molecule has 3 rings (SSSR count). The largest absolute Gasteiger partial charge is 0.497 e. The summed E-state index contributed by atoms with van der Waals surface area (Å²) in [5.41, 5.74) is 3.04. The number of ether oxygens (including phenoxy) is 1. The van der Waals surface area contributed by atoms with E-state index in [1.54, 1.807) is 19.4 Å². The number of rotatable bonds is 4. The lowest BCUT2D eigenvalue weighted by Crippen LogP contribution is -2.19. The molecule has 1 aliphatic heterocycles. The van der Waals surface area contributed by atoms with E-state index in [0.717, 1.165) is 34.2 Å². The Labute approximate surface area is 155 Å². The molecule has 0 saturated carbocycles. The van der Waals surface area contributed by atoms with Gasteiger partial charge in [-0.15, -0.1) is 4.99 Å². The van der Waals surface area contributed by atoms with Crippen LogP contribution in [0.2, 0.25) is 0 Å². The smallest absolute Gasteiger partial charge is 0.264 e. The molecule has 0 aromatic heterocycles. The molecule has 0 aliphatic carbocycles. The summed E-state index contributed by atoms with van der Waals surface area (Å²) in [5.74, 6) is 0.587. The maximum absolute atomic E-state index is 11.8. The van der Waals surface area contributed by atoms with Gasteiger partial charge in [0, 0.05) is 0 Å². The molecule has 0 radical (unpaired) electrons. The normalized spacial score (nSPS) is 16.8. The second-order valence-corrected chi connectivity index (χ2v) is 6.39. The fourth-order valence-corrected chi connectivity index (χ4v) is 3.07. The van der Waals surface area contributed by atoms with Crippen LogP contribution >= 0.6 is 11.8 Å². The predicted molar refractivity (Wildman–Crippen MR) is 105 cm³/mol. The quantitative estimate of drug-likeness (QED) is 0.509. The fourth-order valence-electron chi connectivity index (χ4n) is 2.29. The summed E-state index contributed by atoms with van der Waals surface area (Å²) in [6, 6.07) is 15.7. The SMILES string of the molecule is COc1ccc(/C=C/c2ccc(/C=C3/SC(=NC#N)NC3=O)cc2)cc1. The molecule has 0 spiro atoms. The summed E-state index contributed by atoms with van der Waals surface area (Å²) < 4.78 is 5.14. The van der Waals surface area contributed by atoms with Gasteiger partial charge in [0.05, 0.1) is 12.0 Å². The summed E-state index contributed by atoms with van der Waals surface area (Å²) in [4.78, 5) is 15.9. The van der Waals surface area contributed by atoms with Crippen LogP contribution in [-0.4, -0.2) is 18.2 Å². The molecule has 0 bridgehead atoms. The Bertz CT molecular complexity index is 937. The minimum atomic E-state index is -0.243. The predicted octanol–water partition coefficient (Wildman–Crippen LogP) is 3.91. The van der Waals surface area contributed by atoms with Crippen molar-refractivity contribution in [1.82, 2.24) is 5.32 Å². The lowest BCUT2D eigenvalue weighted by Gasteiger charge is -2.00. The number of methoxy groups -OCH3 is 1. The van der Waals surface area contributed by atoms with Crippen molar-refractivity contribution in [2.24, 2.45) is 4.99 Å². The van der Waals surface area contributed by atoms with Gasteiger partial charge < -0.3 is 4.74 Å². The van der Waals surface area contributed by atoms with Crippen LogP contribution in [0.1, 0.15) is 16.7 Å². The van der Waals surface area contributed by atoms with E-state index in [-0.39, 0.29) is 5.91 Å². The van der Waals surface area contributed by atoms with E-state index in [4.69, 9.17) is 10.00 Å². The maximum Gasteiger partial charge on any atom is 0.264 e. The molecule has 0 unspecified atom stereocenters. The molecule has 2 aromatic carbocycles. The van der Waals surface area contributed by atoms with Crippen molar-refractivity contribution >= 4 is 41.1 Å². The Kier molecular flexibility index (Phi) is 5.52. The highest BCUT2D eigenvalue weighted by atomic mass is 32.2. The standard InChI is InChI=1S/C20H15N3O2S/c1-25-17-10-8-15(9-11-17)3-2-14-4-6-16(7-5-14)12-18-19(24)23-20(26-18)22-13-21/h2-12H,1H3,(H,22,23,24)/b3-2+,18-12+. The molecule has 1 saturated heterocycles. The van der Waals surface area contributed by atoms with E-state index in [0.29, 0.717) is 10.1 Å². The zero-order valence-electron chi connectivity index (χ0n) is 14.0. The van der Waals surface area contributed by atoms with Crippen LogP contribution in [0.15, 0.2) is 58.4 Å². The first-order chi connectivity index (χ1) is 12.7. The highest BCUT2D eigenvalue weighted by Crippen LogP contribution is 2.26. The van der Waals surface area contributed by atoms with Gasteiger partial charge in [0.25, 0.3) is 5.91 Å². The van der Waals surface area contributed by atoms with Crippen LogP contribution in [0.4, 0.5) is 0 Å². The van der Waals surface area contributed by atoms with Crippen LogP contribution in [0.25, 0.3) is 18.2 Å². The van der Waals surface area contributed by atoms with Crippen LogP contribution in [0.3, 0.4) is 0 Å². The van der Waals surface area contributed by atoms with E-state index >= 15 is 0 Å². The van der Waals surface area contributed by atoms with E-state index in [1.807, 2.05) is 60.7 Å². The molecule has 1 N–H and O–H groups in total. The second kappa shape index (κ2) is 8.19. The zero-order valence-corrected chi connectivity index (χ0v) is 14.8. The summed E-state index contributed by atoms with van der Waals surface area (Å²) >= 11 is 1.16. The van der Waals surface area contributed by atoms with Gasteiger partial charge in [0.2, 0.25) is 6.19 Å². The molecule has 1 amide bonds. The lowest BCUT2D eigenvalue weighted by molar-refractivity contribution is -0.115. The number of carbonyl (C=O) groups excluding carboxylic acids is 1. The lowest BCUT2D eigenvalue weighted by atomic mass is 10.1. The topological polar surface area (TPSA) is 74.5 Å². The van der Waals surface area contributed by atoms with Gasteiger partial charge >= 0.3 is 0 Å². The average Bonchev–Trinajstić information content (AvgIpc) is 3.01. The first kappa shape index (κ1) is 17.5. The van der Waals surface area contributed by atoms with E-state index in [9.17, 15) is 4.79 Å². The maximum atomic E-state index is 11.8. The van der Waals surface area contributed by atoms with E-state index < -0.39 is 0 Å². The number of aliphatic imine (C=N–C) groups is 1. The third-order valence-electron chi connectivity index (χ3n) is 3.62. The van der Waals surface area contributed by atoms with E-state index in [1.165, 1.54) is 0 Å². The molecule has 1 aliphatic rings. The van der Waals surface area contributed by atoms with Crippen molar-refractivity contribution in [3.05, 3.63) is 70.1 Å². The molecule has 0 atom stereocenters. The first-order valence-corrected chi connectivity index (χ1v) is 8.59. The van der Waals surface area contributed by atoms with Gasteiger partial charge in [0.1, 0.15) is 5.75 Å². The van der Waals surface area contributed by atoms with Gasteiger partial charge in [-0.05, 0) is 46.7 Å². The van der Waals surface area contributed by atoms with Gasteiger partial charge in [-0.25, -0.2) is 0 Å². The molecule has 128 valence electrons. The van der Waals surface area contributed by atoms with Crippen molar-refractivity contribution < 1.29 is 9.53 Å². The Hall–Kier alpha value is -3.30.